The zero-order valence-electron chi connectivity index (χ0n) is 24.1. The lowest BCUT2D eigenvalue weighted by Crippen LogP contribution is -2.39. The first-order chi connectivity index (χ1) is 20.4. The first-order valence-corrected chi connectivity index (χ1v) is 15.2. The van der Waals surface area contributed by atoms with Gasteiger partial charge in [-0.3, -0.25) is 14.5 Å². The van der Waals surface area contributed by atoms with Crippen LogP contribution in [0.2, 0.25) is 0 Å². The third-order valence-electron chi connectivity index (χ3n) is 7.67. The van der Waals surface area contributed by atoms with Crippen LogP contribution in [0.5, 0.6) is 0 Å². The molecule has 0 spiro atoms. The Morgan fingerprint density at radius 3 is 2.36 bits per heavy atom. The lowest BCUT2D eigenvalue weighted by atomic mass is 10.0. The van der Waals surface area contributed by atoms with E-state index in [1.165, 1.54) is 29.8 Å². The van der Waals surface area contributed by atoms with Crippen LogP contribution in [0.4, 0.5) is 10.1 Å². The number of aryl methyl sites for hydroxylation is 2. The summed E-state index contributed by atoms with van der Waals surface area (Å²) in [6, 6.07) is 22.0. The van der Waals surface area contributed by atoms with Crippen molar-refractivity contribution in [1.82, 2.24) is 19.4 Å². The summed E-state index contributed by atoms with van der Waals surface area (Å²) in [6.07, 6.45) is 2.21. The average molecular weight is 586 g/mol. The van der Waals surface area contributed by atoms with Crippen molar-refractivity contribution >= 4 is 29.0 Å². The van der Waals surface area contributed by atoms with Gasteiger partial charge in [0, 0.05) is 44.8 Å². The number of anilines is 1. The van der Waals surface area contributed by atoms with E-state index in [2.05, 4.69) is 26.6 Å². The minimum Gasteiger partial charge on any atom is -0.333 e. The molecule has 5 rings (SSSR count). The van der Waals surface area contributed by atoms with Gasteiger partial charge in [0.1, 0.15) is 10.7 Å². The van der Waals surface area contributed by atoms with Crippen molar-refractivity contribution in [3.63, 3.8) is 0 Å². The molecule has 2 amide bonds. The van der Waals surface area contributed by atoms with Crippen LogP contribution in [0.25, 0.3) is 0 Å². The molecule has 0 unspecified atom stereocenters. The third-order valence-corrected chi connectivity index (χ3v) is 8.42. The lowest BCUT2D eigenvalue weighted by molar-refractivity contribution is 0.0737. The molecule has 2 heterocycles. The van der Waals surface area contributed by atoms with Gasteiger partial charge in [-0.05, 0) is 78.7 Å². The van der Waals surface area contributed by atoms with Gasteiger partial charge in [-0.25, -0.2) is 4.39 Å². The highest BCUT2D eigenvalue weighted by atomic mass is 32.1. The number of nitrogens with zero attached hydrogens (tertiary/aromatic N) is 5. The number of hydrogen-bond donors (Lipinski definition) is 0. The van der Waals surface area contributed by atoms with Crippen molar-refractivity contribution in [2.45, 2.75) is 46.2 Å². The van der Waals surface area contributed by atoms with Gasteiger partial charge in [0.05, 0.1) is 11.4 Å². The highest BCUT2D eigenvalue weighted by Gasteiger charge is 2.27. The van der Waals surface area contributed by atoms with Crippen molar-refractivity contribution in [2.75, 3.05) is 31.1 Å². The van der Waals surface area contributed by atoms with Gasteiger partial charge >= 0.3 is 0 Å². The Kier molecular flexibility index (Phi) is 9.71. The molecule has 0 atom stereocenters. The molecule has 0 fully saturated rings. The van der Waals surface area contributed by atoms with E-state index in [0.29, 0.717) is 42.2 Å². The molecule has 7 nitrogen and oxygen atoms in total. The van der Waals surface area contributed by atoms with Gasteiger partial charge in [-0.15, -0.1) is 5.10 Å². The molecule has 1 aliphatic heterocycles. The van der Waals surface area contributed by atoms with Crippen LogP contribution < -0.4 is 4.90 Å². The summed E-state index contributed by atoms with van der Waals surface area (Å²) in [7, 11) is 0. The monoisotopic (exact) mass is 585 g/mol. The predicted octanol–water partition coefficient (Wildman–Crippen LogP) is 6.13. The SMILES string of the molecule is CCc1nnsc1C(=O)N1CCCN(Cc2ccccc2)CCCN(C(=O)c2ccc(F)cc2)c2c(C)cccc2C1. The summed E-state index contributed by atoms with van der Waals surface area (Å²) in [5, 5.41) is 4.18. The molecule has 0 saturated heterocycles. The molecule has 1 aliphatic rings. The number of rotatable bonds is 5. The first kappa shape index (κ1) is 29.5. The zero-order chi connectivity index (χ0) is 29.5. The van der Waals surface area contributed by atoms with Crippen LogP contribution in [0.15, 0.2) is 72.8 Å². The molecule has 0 aliphatic carbocycles. The van der Waals surface area contributed by atoms with Crippen LogP contribution in [0.3, 0.4) is 0 Å². The number of amides is 2. The third kappa shape index (κ3) is 6.91. The number of halogens is 1. The summed E-state index contributed by atoms with van der Waals surface area (Å²) in [5.74, 6) is -0.654. The van der Waals surface area contributed by atoms with E-state index in [0.717, 1.165) is 60.8 Å². The van der Waals surface area contributed by atoms with Crippen molar-refractivity contribution in [3.05, 3.63) is 111 Å². The largest absolute Gasteiger partial charge is 0.333 e. The fourth-order valence-electron chi connectivity index (χ4n) is 5.55. The molecule has 0 radical (unpaired) electrons. The Bertz CT molecular complexity index is 1510. The first-order valence-electron chi connectivity index (χ1n) is 14.5. The minimum atomic E-state index is -0.383. The smallest absolute Gasteiger partial charge is 0.267 e. The number of hydrogen-bond acceptors (Lipinski definition) is 6. The standard InChI is InChI=1S/C33H36FN5O2S/c1-3-29-31(42-36-35-29)33(41)38-20-8-18-37(22-25-11-5-4-6-12-25)19-9-21-39(30-24(2)10-7-13-27(30)23-38)32(40)26-14-16-28(34)17-15-26/h4-7,10-17H,3,8-9,18-23H2,1-2H3. The maximum atomic E-state index is 14.0. The second-order valence-electron chi connectivity index (χ2n) is 10.6. The van der Waals surface area contributed by atoms with E-state index >= 15 is 0 Å². The van der Waals surface area contributed by atoms with Gasteiger partial charge in [0.15, 0.2) is 0 Å². The Balaban J connectivity index is 1.53. The predicted molar refractivity (Wildman–Crippen MR) is 164 cm³/mol. The number of fused-ring (bicyclic) bond motifs is 1. The summed E-state index contributed by atoms with van der Waals surface area (Å²) < 4.78 is 17.8. The zero-order valence-corrected chi connectivity index (χ0v) is 24.9. The normalized spacial score (nSPS) is 15.0. The molecule has 218 valence electrons. The second kappa shape index (κ2) is 13.8. The quantitative estimate of drug-likeness (QED) is 0.282. The maximum Gasteiger partial charge on any atom is 0.267 e. The number of aromatic nitrogens is 2. The lowest BCUT2D eigenvalue weighted by Gasteiger charge is -2.32. The van der Waals surface area contributed by atoms with Gasteiger partial charge in [-0.1, -0.05) is 59.9 Å². The van der Waals surface area contributed by atoms with Gasteiger partial charge in [-0.2, -0.15) is 0 Å². The minimum absolute atomic E-state index is 0.0858. The number of para-hydroxylation sites is 1. The number of carbonyl (C=O) groups is 2. The molecular weight excluding hydrogens is 549 g/mol. The van der Waals surface area contributed by atoms with Crippen LogP contribution in [0, 0.1) is 12.7 Å². The topological polar surface area (TPSA) is 69.6 Å². The van der Waals surface area contributed by atoms with E-state index in [9.17, 15) is 14.0 Å². The van der Waals surface area contributed by atoms with E-state index in [1.54, 1.807) is 0 Å². The molecular formula is C33H36FN5O2S. The molecule has 1 aromatic heterocycles. The van der Waals surface area contributed by atoms with Gasteiger partial charge in [0.2, 0.25) is 0 Å². The summed E-state index contributed by atoms with van der Waals surface area (Å²) in [4.78, 5) is 34.6. The van der Waals surface area contributed by atoms with Crippen molar-refractivity contribution < 1.29 is 14.0 Å². The maximum absolute atomic E-state index is 14.0. The van der Waals surface area contributed by atoms with Crippen LogP contribution >= 0.6 is 11.5 Å². The van der Waals surface area contributed by atoms with Crippen LogP contribution in [-0.2, 0) is 19.5 Å². The Morgan fingerprint density at radius 1 is 0.881 bits per heavy atom. The number of carbonyl (C=O) groups excluding carboxylic acids is 2. The van der Waals surface area contributed by atoms with Gasteiger partial charge < -0.3 is 9.80 Å². The molecule has 42 heavy (non-hydrogen) atoms. The van der Waals surface area contributed by atoms with Crippen LogP contribution in [0.1, 0.15) is 62.2 Å². The van der Waals surface area contributed by atoms with Crippen molar-refractivity contribution in [1.29, 1.82) is 0 Å². The molecule has 9 heteroatoms. The second-order valence-corrected chi connectivity index (χ2v) is 11.4. The summed E-state index contributed by atoms with van der Waals surface area (Å²) >= 11 is 1.14. The molecule has 3 aromatic carbocycles. The van der Waals surface area contributed by atoms with Crippen molar-refractivity contribution in [2.24, 2.45) is 0 Å². The molecule has 0 saturated carbocycles. The average Bonchev–Trinajstić information content (AvgIpc) is 3.48. The number of benzene rings is 3. The van der Waals surface area contributed by atoms with E-state index < -0.39 is 0 Å². The fourth-order valence-corrected chi connectivity index (χ4v) is 6.27. The molecule has 0 bridgehead atoms. The Labute approximate surface area is 250 Å². The highest BCUT2D eigenvalue weighted by molar-refractivity contribution is 7.08. The molecule has 4 aromatic rings. The Morgan fingerprint density at radius 2 is 1.62 bits per heavy atom. The Hall–Kier alpha value is -3.95. The summed E-state index contributed by atoms with van der Waals surface area (Å²) in [6.45, 7) is 7.76. The van der Waals surface area contributed by atoms with Crippen molar-refractivity contribution in [3.8, 4) is 0 Å². The van der Waals surface area contributed by atoms with Gasteiger partial charge in [0.25, 0.3) is 11.8 Å². The van der Waals surface area contributed by atoms with E-state index in [1.807, 2.05) is 60.0 Å². The fraction of sp³-hybridized carbons (Fsp3) is 0.333. The highest BCUT2D eigenvalue weighted by Crippen LogP contribution is 2.30. The summed E-state index contributed by atoms with van der Waals surface area (Å²) in [5.41, 5.74) is 5.01. The van der Waals surface area contributed by atoms with E-state index in [4.69, 9.17) is 0 Å². The van der Waals surface area contributed by atoms with Crippen LogP contribution in [-0.4, -0.2) is 57.4 Å². The molecule has 0 N–H and O–H groups in total. The van der Waals surface area contributed by atoms with E-state index in [-0.39, 0.29) is 17.6 Å².